The van der Waals surface area contributed by atoms with Crippen molar-refractivity contribution in [3.8, 4) is 0 Å². The average molecular weight is 254 g/mol. The number of methoxy groups -OCH3 is 1. The van der Waals surface area contributed by atoms with E-state index in [4.69, 9.17) is 10.5 Å². The van der Waals surface area contributed by atoms with Gasteiger partial charge in [-0.1, -0.05) is 18.2 Å². The molecule has 0 spiro atoms. The minimum Gasteiger partial charge on any atom is -0.385 e. The first kappa shape index (κ1) is 15.1. The summed E-state index contributed by atoms with van der Waals surface area (Å²) in [6, 6.07) is 6.96. The number of benzene rings is 1. The van der Waals surface area contributed by atoms with Crippen LogP contribution < -0.4 is 5.73 Å². The molecule has 0 amide bonds. The van der Waals surface area contributed by atoms with Crippen LogP contribution >= 0.6 is 0 Å². The minimum absolute atomic E-state index is 0.108. The zero-order valence-electron chi connectivity index (χ0n) is 11.2. The quantitative estimate of drug-likeness (QED) is 0.721. The van der Waals surface area contributed by atoms with Crippen molar-refractivity contribution in [1.82, 2.24) is 4.90 Å². The molecule has 0 heterocycles. The summed E-state index contributed by atoms with van der Waals surface area (Å²) in [7, 11) is 3.65. The van der Waals surface area contributed by atoms with E-state index in [-0.39, 0.29) is 11.9 Å². The summed E-state index contributed by atoms with van der Waals surface area (Å²) in [6.45, 7) is 2.09. The van der Waals surface area contributed by atoms with Gasteiger partial charge in [-0.2, -0.15) is 0 Å². The first-order valence-electron chi connectivity index (χ1n) is 6.30. The van der Waals surface area contributed by atoms with Gasteiger partial charge >= 0.3 is 0 Å². The molecule has 3 nitrogen and oxygen atoms in total. The predicted octanol–water partition coefficient (Wildman–Crippen LogP) is 2.01. The predicted molar refractivity (Wildman–Crippen MR) is 71.8 cm³/mol. The van der Waals surface area contributed by atoms with Crippen LogP contribution in [0.3, 0.4) is 0 Å². The number of nitrogens with two attached hydrogens (primary N) is 1. The Morgan fingerprint density at radius 3 is 2.78 bits per heavy atom. The molecule has 0 radical (unpaired) electrons. The molecule has 102 valence electrons. The van der Waals surface area contributed by atoms with Gasteiger partial charge in [0.05, 0.1) is 0 Å². The SMILES string of the molecule is COCCCC(N)CN(C)Cc1ccccc1F. The Hall–Kier alpha value is -0.970. The van der Waals surface area contributed by atoms with Gasteiger partial charge in [-0.15, -0.1) is 0 Å². The summed E-state index contributed by atoms with van der Waals surface area (Å²) in [6.07, 6.45) is 1.89. The maximum Gasteiger partial charge on any atom is 0.127 e. The Morgan fingerprint density at radius 1 is 1.39 bits per heavy atom. The van der Waals surface area contributed by atoms with Crippen molar-refractivity contribution in [3.63, 3.8) is 0 Å². The summed E-state index contributed by atoms with van der Waals surface area (Å²) in [4.78, 5) is 2.05. The van der Waals surface area contributed by atoms with E-state index in [1.54, 1.807) is 13.2 Å². The molecule has 0 saturated carbocycles. The largest absolute Gasteiger partial charge is 0.385 e. The minimum atomic E-state index is -0.155. The monoisotopic (exact) mass is 254 g/mol. The second-order valence-corrected chi connectivity index (χ2v) is 4.68. The van der Waals surface area contributed by atoms with E-state index in [2.05, 4.69) is 4.90 Å². The molecule has 4 heteroatoms. The van der Waals surface area contributed by atoms with Crippen LogP contribution in [-0.2, 0) is 11.3 Å². The van der Waals surface area contributed by atoms with Crippen molar-refractivity contribution in [2.45, 2.75) is 25.4 Å². The van der Waals surface area contributed by atoms with Crippen molar-refractivity contribution in [2.75, 3.05) is 27.3 Å². The lowest BCUT2D eigenvalue weighted by Gasteiger charge is -2.21. The van der Waals surface area contributed by atoms with Crippen molar-refractivity contribution >= 4 is 0 Å². The van der Waals surface area contributed by atoms with E-state index in [0.29, 0.717) is 12.1 Å². The fourth-order valence-corrected chi connectivity index (χ4v) is 1.96. The smallest absolute Gasteiger partial charge is 0.127 e. The lowest BCUT2D eigenvalue weighted by molar-refractivity contribution is 0.187. The molecule has 1 atom stereocenters. The van der Waals surface area contributed by atoms with Gasteiger partial charge in [0.25, 0.3) is 0 Å². The maximum absolute atomic E-state index is 13.5. The summed E-state index contributed by atoms with van der Waals surface area (Å²) in [5.41, 5.74) is 6.73. The number of nitrogens with zero attached hydrogens (tertiary/aromatic N) is 1. The molecule has 0 aliphatic carbocycles. The number of halogens is 1. The highest BCUT2D eigenvalue weighted by Crippen LogP contribution is 2.09. The van der Waals surface area contributed by atoms with Crippen LogP contribution in [-0.4, -0.2) is 38.3 Å². The van der Waals surface area contributed by atoms with Crippen LogP contribution in [0.5, 0.6) is 0 Å². The molecule has 18 heavy (non-hydrogen) atoms. The molecular formula is C14H23FN2O. The molecule has 0 aromatic heterocycles. The molecular weight excluding hydrogens is 231 g/mol. The zero-order chi connectivity index (χ0) is 13.4. The summed E-state index contributed by atoms with van der Waals surface area (Å²) in [5, 5.41) is 0. The molecule has 1 aromatic rings. The van der Waals surface area contributed by atoms with E-state index in [9.17, 15) is 4.39 Å². The molecule has 2 N–H and O–H groups in total. The lowest BCUT2D eigenvalue weighted by atomic mass is 10.1. The normalized spacial score (nSPS) is 12.9. The van der Waals surface area contributed by atoms with Gasteiger partial charge in [-0.3, -0.25) is 0 Å². The molecule has 0 aliphatic rings. The molecule has 1 unspecified atom stereocenters. The Balaban J connectivity index is 2.33. The fraction of sp³-hybridized carbons (Fsp3) is 0.571. The second kappa shape index (κ2) is 8.19. The molecule has 1 aromatic carbocycles. The van der Waals surface area contributed by atoms with Crippen molar-refractivity contribution < 1.29 is 9.13 Å². The van der Waals surface area contributed by atoms with E-state index < -0.39 is 0 Å². The van der Waals surface area contributed by atoms with Gasteiger partial charge in [0.1, 0.15) is 5.82 Å². The van der Waals surface area contributed by atoms with Crippen molar-refractivity contribution in [2.24, 2.45) is 5.73 Å². The Labute approximate surface area is 109 Å². The third-order valence-electron chi connectivity index (χ3n) is 2.87. The van der Waals surface area contributed by atoms with Crippen LogP contribution in [0.25, 0.3) is 0 Å². The van der Waals surface area contributed by atoms with Crippen molar-refractivity contribution in [1.29, 1.82) is 0 Å². The maximum atomic E-state index is 13.5. The molecule has 0 fully saturated rings. The van der Waals surface area contributed by atoms with Crippen LogP contribution in [0.1, 0.15) is 18.4 Å². The lowest BCUT2D eigenvalue weighted by Crippen LogP contribution is -2.35. The average Bonchev–Trinajstić information content (AvgIpc) is 2.32. The summed E-state index contributed by atoms with van der Waals surface area (Å²) in [5.74, 6) is -0.155. The highest BCUT2D eigenvalue weighted by atomic mass is 19.1. The van der Waals surface area contributed by atoms with Crippen LogP contribution in [0.4, 0.5) is 4.39 Å². The van der Waals surface area contributed by atoms with Gasteiger partial charge in [0.2, 0.25) is 0 Å². The number of hydrogen-bond donors (Lipinski definition) is 1. The highest BCUT2D eigenvalue weighted by molar-refractivity contribution is 5.16. The van der Waals surface area contributed by atoms with E-state index in [1.165, 1.54) is 6.07 Å². The van der Waals surface area contributed by atoms with Crippen LogP contribution in [0.15, 0.2) is 24.3 Å². The Morgan fingerprint density at radius 2 is 2.11 bits per heavy atom. The second-order valence-electron chi connectivity index (χ2n) is 4.68. The van der Waals surface area contributed by atoms with Gasteiger partial charge in [-0.05, 0) is 26.0 Å². The third kappa shape index (κ3) is 5.58. The molecule has 1 rings (SSSR count). The molecule has 0 aliphatic heterocycles. The first-order valence-corrected chi connectivity index (χ1v) is 6.30. The number of hydrogen-bond acceptors (Lipinski definition) is 3. The van der Waals surface area contributed by atoms with Gasteiger partial charge in [-0.25, -0.2) is 4.39 Å². The number of rotatable bonds is 8. The summed E-state index contributed by atoms with van der Waals surface area (Å²) >= 11 is 0. The standard InChI is InChI=1S/C14H23FN2O/c1-17(11-13(16)7-5-9-18-2)10-12-6-3-4-8-14(12)15/h3-4,6,8,13H,5,7,9-11,16H2,1-2H3. The molecule has 0 saturated heterocycles. The third-order valence-corrected chi connectivity index (χ3v) is 2.87. The fourth-order valence-electron chi connectivity index (χ4n) is 1.96. The van der Waals surface area contributed by atoms with Crippen LogP contribution in [0, 0.1) is 5.82 Å². The van der Waals surface area contributed by atoms with E-state index in [1.807, 2.05) is 19.2 Å². The number of ether oxygens (including phenoxy) is 1. The Bertz CT molecular complexity index is 346. The topological polar surface area (TPSA) is 38.5 Å². The van der Waals surface area contributed by atoms with Gasteiger partial charge in [0, 0.05) is 38.4 Å². The van der Waals surface area contributed by atoms with Crippen molar-refractivity contribution in [3.05, 3.63) is 35.6 Å². The number of likely N-dealkylation sites (N-methyl/N-ethyl adjacent to an activating group) is 1. The van der Waals surface area contributed by atoms with E-state index in [0.717, 1.165) is 26.0 Å². The first-order chi connectivity index (χ1) is 8.63. The highest BCUT2D eigenvalue weighted by Gasteiger charge is 2.09. The van der Waals surface area contributed by atoms with Gasteiger partial charge < -0.3 is 15.4 Å². The Kier molecular flexibility index (Phi) is 6.86. The zero-order valence-corrected chi connectivity index (χ0v) is 11.2. The van der Waals surface area contributed by atoms with Gasteiger partial charge in [0.15, 0.2) is 0 Å². The van der Waals surface area contributed by atoms with Crippen LogP contribution in [0.2, 0.25) is 0 Å². The van der Waals surface area contributed by atoms with E-state index >= 15 is 0 Å². The molecule has 0 bridgehead atoms. The summed E-state index contributed by atoms with van der Waals surface area (Å²) < 4.78 is 18.5.